The molecule has 0 aliphatic rings. The van der Waals surface area contributed by atoms with Gasteiger partial charge in [0.1, 0.15) is 0 Å². The van der Waals surface area contributed by atoms with Crippen LogP contribution in [0.5, 0.6) is 0 Å². The van der Waals surface area contributed by atoms with Gasteiger partial charge in [0.2, 0.25) is 5.91 Å². The summed E-state index contributed by atoms with van der Waals surface area (Å²) < 4.78 is 4.90. The second-order valence-electron chi connectivity index (χ2n) is 4.87. The number of anilines is 1. The first-order valence-corrected chi connectivity index (χ1v) is 7.34. The first-order chi connectivity index (χ1) is 9.76. The van der Waals surface area contributed by atoms with Crippen molar-refractivity contribution in [3.8, 4) is 0 Å². The maximum atomic E-state index is 11.7. The monoisotopic (exact) mass is 314 g/mol. The molecule has 5 heteroatoms. The van der Waals surface area contributed by atoms with Gasteiger partial charge in [0, 0.05) is 19.3 Å². The van der Waals surface area contributed by atoms with Crippen LogP contribution in [0, 0.1) is 0 Å². The minimum absolute atomic E-state index is 0. The van der Waals surface area contributed by atoms with E-state index >= 15 is 0 Å². The van der Waals surface area contributed by atoms with Crippen molar-refractivity contribution in [1.82, 2.24) is 5.32 Å². The van der Waals surface area contributed by atoms with E-state index < -0.39 is 0 Å². The Hall–Kier alpha value is -1.10. The number of carbonyl (C=O) groups excluding carboxylic acids is 1. The number of nitrogens with one attached hydrogen (secondary N) is 2. The first-order valence-electron chi connectivity index (χ1n) is 7.34. The Morgan fingerprint density at radius 2 is 1.90 bits per heavy atom. The molecule has 0 aliphatic carbocycles. The Morgan fingerprint density at radius 1 is 1.19 bits per heavy atom. The second kappa shape index (κ2) is 12.6. The van der Waals surface area contributed by atoms with E-state index in [0.717, 1.165) is 12.1 Å². The fourth-order valence-corrected chi connectivity index (χ4v) is 1.92. The van der Waals surface area contributed by atoms with Gasteiger partial charge in [-0.3, -0.25) is 4.79 Å². The standard InChI is InChI=1S/C16H26N2O2.ClH/c1-3-4-5-6-14-7-9-15(10-8-14)18-16(19)13-17-11-12-20-2;/h7-10,17H,3-6,11-13H2,1-2H3,(H,18,19);1H. The number of aryl methyl sites for hydroxylation is 1. The van der Waals surface area contributed by atoms with Crippen LogP contribution in [-0.2, 0) is 16.0 Å². The molecule has 120 valence electrons. The molecule has 0 saturated carbocycles. The van der Waals surface area contributed by atoms with Gasteiger partial charge in [-0.1, -0.05) is 31.9 Å². The molecule has 1 amide bonds. The minimum Gasteiger partial charge on any atom is -0.383 e. The van der Waals surface area contributed by atoms with Crippen LogP contribution in [0.4, 0.5) is 5.69 Å². The molecule has 0 fully saturated rings. The zero-order chi connectivity index (χ0) is 14.6. The maximum absolute atomic E-state index is 11.7. The highest BCUT2D eigenvalue weighted by Gasteiger charge is 2.01. The van der Waals surface area contributed by atoms with Crippen molar-refractivity contribution in [2.75, 3.05) is 32.1 Å². The van der Waals surface area contributed by atoms with E-state index in [1.54, 1.807) is 7.11 Å². The summed E-state index contributed by atoms with van der Waals surface area (Å²) in [5.41, 5.74) is 2.18. The highest BCUT2D eigenvalue weighted by molar-refractivity contribution is 5.92. The summed E-state index contributed by atoms with van der Waals surface area (Å²) in [6.07, 6.45) is 4.85. The minimum atomic E-state index is -0.0279. The van der Waals surface area contributed by atoms with Crippen LogP contribution in [-0.4, -0.2) is 32.7 Å². The summed E-state index contributed by atoms with van der Waals surface area (Å²) in [6.45, 7) is 3.81. The molecule has 0 spiro atoms. The summed E-state index contributed by atoms with van der Waals surface area (Å²) in [5.74, 6) is -0.0279. The third kappa shape index (κ3) is 9.45. The number of benzene rings is 1. The Morgan fingerprint density at radius 3 is 2.52 bits per heavy atom. The van der Waals surface area contributed by atoms with E-state index in [2.05, 4.69) is 29.7 Å². The van der Waals surface area contributed by atoms with Crippen LogP contribution in [0.15, 0.2) is 24.3 Å². The molecular formula is C16H27ClN2O2. The number of methoxy groups -OCH3 is 1. The van der Waals surface area contributed by atoms with Gasteiger partial charge in [-0.2, -0.15) is 0 Å². The molecule has 1 aromatic rings. The summed E-state index contributed by atoms with van der Waals surface area (Å²) in [4.78, 5) is 11.7. The number of carbonyl (C=O) groups is 1. The average molecular weight is 315 g/mol. The number of hydrogen-bond acceptors (Lipinski definition) is 3. The SMILES string of the molecule is CCCCCc1ccc(NC(=O)CNCCOC)cc1.Cl. The van der Waals surface area contributed by atoms with Crippen LogP contribution in [0.1, 0.15) is 31.7 Å². The van der Waals surface area contributed by atoms with Crippen LogP contribution in [0.3, 0.4) is 0 Å². The number of hydrogen-bond donors (Lipinski definition) is 2. The molecule has 0 radical (unpaired) electrons. The van der Waals surface area contributed by atoms with Crippen molar-refractivity contribution in [1.29, 1.82) is 0 Å². The molecule has 0 aliphatic heterocycles. The fraction of sp³-hybridized carbons (Fsp3) is 0.562. The van der Waals surface area contributed by atoms with Gasteiger partial charge in [0.15, 0.2) is 0 Å². The number of unbranched alkanes of at least 4 members (excludes halogenated alkanes) is 2. The molecular weight excluding hydrogens is 288 g/mol. The lowest BCUT2D eigenvalue weighted by Crippen LogP contribution is -2.30. The molecule has 0 atom stereocenters. The normalized spacial score (nSPS) is 10.0. The van der Waals surface area contributed by atoms with Crippen molar-refractivity contribution in [3.63, 3.8) is 0 Å². The molecule has 1 rings (SSSR count). The van der Waals surface area contributed by atoms with E-state index in [9.17, 15) is 4.79 Å². The van der Waals surface area contributed by atoms with Gasteiger partial charge < -0.3 is 15.4 Å². The molecule has 0 saturated heterocycles. The molecule has 0 heterocycles. The highest BCUT2D eigenvalue weighted by Crippen LogP contribution is 2.12. The van der Waals surface area contributed by atoms with Crippen LogP contribution in [0.2, 0.25) is 0 Å². The lowest BCUT2D eigenvalue weighted by atomic mass is 10.1. The average Bonchev–Trinajstić information content (AvgIpc) is 2.46. The summed E-state index contributed by atoms with van der Waals surface area (Å²) >= 11 is 0. The van der Waals surface area contributed by atoms with Gasteiger partial charge in [0.25, 0.3) is 0 Å². The molecule has 0 unspecified atom stereocenters. The van der Waals surface area contributed by atoms with Crippen molar-refractivity contribution in [3.05, 3.63) is 29.8 Å². The third-order valence-electron chi connectivity index (χ3n) is 3.08. The second-order valence-corrected chi connectivity index (χ2v) is 4.87. The largest absolute Gasteiger partial charge is 0.383 e. The van der Waals surface area contributed by atoms with Crippen molar-refractivity contribution in [2.45, 2.75) is 32.6 Å². The van der Waals surface area contributed by atoms with Gasteiger partial charge in [0.05, 0.1) is 13.2 Å². The molecule has 1 aromatic carbocycles. The lowest BCUT2D eigenvalue weighted by molar-refractivity contribution is -0.115. The summed E-state index contributed by atoms with van der Waals surface area (Å²) in [6, 6.07) is 8.11. The van der Waals surface area contributed by atoms with E-state index in [0.29, 0.717) is 19.7 Å². The van der Waals surface area contributed by atoms with Crippen LogP contribution in [0.25, 0.3) is 0 Å². The quantitative estimate of drug-likeness (QED) is 0.653. The number of amides is 1. The maximum Gasteiger partial charge on any atom is 0.238 e. The van der Waals surface area contributed by atoms with Crippen LogP contribution >= 0.6 is 12.4 Å². The Bertz CT molecular complexity index is 382. The van der Waals surface area contributed by atoms with Gasteiger partial charge in [-0.05, 0) is 30.5 Å². The smallest absolute Gasteiger partial charge is 0.238 e. The van der Waals surface area contributed by atoms with Gasteiger partial charge in [-0.25, -0.2) is 0 Å². The summed E-state index contributed by atoms with van der Waals surface area (Å²) in [5, 5.41) is 5.89. The number of ether oxygens (including phenoxy) is 1. The Kier molecular flexibility index (Phi) is 12.0. The zero-order valence-electron chi connectivity index (χ0n) is 13.0. The van der Waals surface area contributed by atoms with Crippen LogP contribution < -0.4 is 10.6 Å². The molecule has 2 N–H and O–H groups in total. The van der Waals surface area contributed by atoms with Gasteiger partial charge in [-0.15, -0.1) is 12.4 Å². The third-order valence-corrected chi connectivity index (χ3v) is 3.08. The number of halogens is 1. The Balaban J connectivity index is 0.00000400. The van der Waals surface area contributed by atoms with E-state index in [1.807, 2.05) is 12.1 Å². The zero-order valence-corrected chi connectivity index (χ0v) is 13.8. The topological polar surface area (TPSA) is 50.4 Å². The first kappa shape index (κ1) is 19.9. The van der Waals surface area contributed by atoms with E-state index in [1.165, 1.54) is 24.8 Å². The van der Waals surface area contributed by atoms with Crippen molar-refractivity contribution in [2.24, 2.45) is 0 Å². The van der Waals surface area contributed by atoms with E-state index in [-0.39, 0.29) is 18.3 Å². The molecule has 0 bridgehead atoms. The molecule has 0 aromatic heterocycles. The van der Waals surface area contributed by atoms with Gasteiger partial charge >= 0.3 is 0 Å². The molecule has 21 heavy (non-hydrogen) atoms. The Labute approximate surface area is 134 Å². The van der Waals surface area contributed by atoms with E-state index in [4.69, 9.17) is 4.74 Å². The number of rotatable bonds is 10. The predicted molar refractivity (Wildman–Crippen MR) is 90.3 cm³/mol. The van der Waals surface area contributed by atoms with Crippen molar-refractivity contribution >= 4 is 24.0 Å². The predicted octanol–water partition coefficient (Wildman–Crippen LogP) is 3.02. The lowest BCUT2D eigenvalue weighted by Gasteiger charge is -2.07. The van der Waals surface area contributed by atoms with Crippen molar-refractivity contribution < 1.29 is 9.53 Å². The fourth-order valence-electron chi connectivity index (χ4n) is 1.92. The highest BCUT2D eigenvalue weighted by atomic mass is 35.5. The molecule has 4 nitrogen and oxygen atoms in total. The summed E-state index contributed by atoms with van der Waals surface area (Å²) in [7, 11) is 1.64.